The van der Waals surface area contributed by atoms with Crippen LogP contribution in [0, 0.1) is 16.0 Å². The van der Waals surface area contributed by atoms with Gasteiger partial charge in [-0.15, -0.1) is 0 Å². The predicted octanol–water partition coefficient (Wildman–Crippen LogP) is 2.25. The van der Waals surface area contributed by atoms with E-state index in [9.17, 15) is 32.9 Å². The van der Waals surface area contributed by atoms with Crippen LogP contribution in [0.15, 0.2) is 18.2 Å². The van der Waals surface area contributed by atoms with Crippen molar-refractivity contribution in [2.24, 2.45) is 5.92 Å². The number of alkyl halides is 3. The molecule has 12 heteroatoms. The largest absolute Gasteiger partial charge is 0.484 e. The third-order valence-corrected chi connectivity index (χ3v) is 5.25. The molecule has 170 valence electrons. The van der Waals surface area contributed by atoms with Crippen molar-refractivity contribution in [2.45, 2.75) is 19.0 Å². The summed E-state index contributed by atoms with van der Waals surface area (Å²) >= 11 is 0. The zero-order chi connectivity index (χ0) is 22.6. The lowest BCUT2D eigenvalue weighted by atomic mass is 9.94. The highest BCUT2D eigenvalue weighted by Crippen LogP contribution is 2.29. The summed E-state index contributed by atoms with van der Waals surface area (Å²) in [7, 11) is 0. The Morgan fingerprint density at radius 3 is 2.35 bits per heavy atom. The van der Waals surface area contributed by atoms with Gasteiger partial charge in [0.25, 0.3) is 11.6 Å². The molecule has 2 heterocycles. The Morgan fingerprint density at radius 2 is 1.77 bits per heavy atom. The maximum Gasteiger partial charge on any atom is 0.422 e. The van der Waals surface area contributed by atoms with Crippen molar-refractivity contribution in [3.63, 3.8) is 0 Å². The average Bonchev–Trinajstić information content (AvgIpc) is 2.76. The smallest absolute Gasteiger partial charge is 0.422 e. The summed E-state index contributed by atoms with van der Waals surface area (Å²) in [4.78, 5) is 39.1. The normalized spacial score (nSPS) is 18.0. The van der Waals surface area contributed by atoms with Crippen LogP contribution in [0.1, 0.15) is 23.2 Å². The van der Waals surface area contributed by atoms with E-state index in [-0.39, 0.29) is 36.2 Å². The van der Waals surface area contributed by atoms with Crippen LogP contribution in [-0.4, -0.2) is 78.7 Å². The molecule has 9 nitrogen and oxygen atoms in total. The second kappa shape index (κ2) is 9.50. The molecule has 0 N–H and O–H groups in total. The number of likely N-dealkylation sites (tertiary alicyclic amines) is 1. The number of piperidine rings is 1. The summed E-state index contributed by atoms with van der Waals surface area (Å²) < 4.78 is 47.0. The molecular formula is C19H22F3N3O6. The van der Waals surface area contributed by atoms with Crippen LogP contribution in [0.25, 0.3) is 0 Å². The number of ether oxygens (including phenoxy) is 2. The Morgan fingerprint density at radius 1 is 1.13 bits per heavy atom. The molecule has 31 heavy (non-hydrogen) atoms. The molecule has 0 unspecified atom stereocenters. The van der Waals surface area contributed by atoms with E-state index in [0.29, 0.717) is 39.1 Å². The summed E-state index contributed by atoms with van der Waals surface area (Å²) in [5.74, 6) is -1.22. The van der Waals surface area contributed by atoms with Crippen LogP contribution in [-0.2, 0) is 9.53 Å². The lowest BCUT2D eigenvalue weighted by Gasteiger charge is -2.35. The van der Waals surface area contributed by atoms with Gasteiger partial charge in [-0.25, -0.2) is 0 Å². The van der Waals surface area contributed by atoms with Crippen molar-refractivity contribution >= 4 is 17.5 Å². The van der Waals surface area contributed by atoms with Crippen LogP contribution in [0.4, 0.5) is 18.9 Å². The Labute approximate surface area is 175 Å². The maximum atomic E-state index is 12.9. The Hall–Kier alpha value is -2.89. The number of carbonyl (C=O) groups is 2. The quantitative estimate of drug-likeness (QED) is 0.509. The van der Waals surface area contributed by atoms with E-state index in [0.717, 1.165) is 18.2 Å². The van der Waals surface area contributed by atoms with E-state index in [4.69, 9.17) is 4.74 Å². The van der Waals surface area contributed by atoms with Crippen molar-refractivity contribution < 1.29 is 37.2 Å². The number of rotatable bonds is 5. The lowest BCUT2D eigenvalue weighted by Crippen LogP contribution is -2.47. The standard InChI is InChI=1S/C19H22F3N3O6/c20-19(21,22)12-31-14-1-2-16(25(28)29)15(11-14)18(27)23-5-3-13(4-6-23)17(26)24-7-9-30-10-8-24/h1-2,11,13H,3-10,12H2. The summed E-state index contributed by atoms with van der Waals surface area (Å²) in [6, 6.07) is 2.93. The number of hydrogen-bond donors (Lipinski definition) is 0. The molecule has 0 radical (unpaired) electrons. The number of benzene rings is 1. The fourth-order valence-electron chi connectivity index (χ4n) is 3.64. The minimum Gasteiger partial charge on any atom is -0.484 e. The van der Waals surface area contributed by atoms with Gasteiger partial charge in [0.05, 0.1) is 18.1 Å². The van der Waals surface area contributed by atoms with Gasteiger partial charge in [-0.2, -0.15) is 13.2 Å². The minimum absolute atomic E-state index is 0.00364. The van der Waals surface area contributed by atoms with Gasteiger partial charge in [0, 0.05) is 38.2 Å². The van der Waals surface area contributed by atoms with Gasteiger partial charge >= 0.3 is 6.18 Å². The highest BCUT2D eigenvalue weighted by atomic mass is 19.4. The first-order chi connectivity index (χ1) is 14.7. The van der Waals surface area contributed by atoms with Crippen LogP contribution in [0.2, 0.25) is 0 Å². The van der Waals surface area contributed by atoms with Gasteiger partial charge in [-0.05, 0) is 25.0 Å². The first kappa shape index (κ1) is 22.8. The Bertz CT molecular complexity index is 834. The molecule has 0 bridgehead atoms. The third kappa shape index (κ3) is 5.84. The fraction of sp³-hybridized carbons (Fsp3) is 0.579. The molecule has 2 amide bonds. The first-order valence-electron chi connectivity index (χ1n) is 9.79. The summed E-state index contributed by atoms with van der Waals surface area (Å²) in [6.45, 7) is 0.866. The SMILES string of the molecule is O=C(c1cc(OCC(F)(F)F)ccc1[N+](=O)[O-])N1CCC(C(=O)N2CCOCC2)CC1. The molecule has 3 rings (SSSR count). The predicted molar refractivity (Wildman–Crippen MR) is 101 cm³/mol. The van der Waals surface area contributed by atoms with Crippen LogP contribution in [0.5, 0.6) is 5.75 Å². The second-order valence-corrected chi connectivity index (χ2v) is 7.34. The monoisotopic (exact) mass is 445 g/mol. The van der Waals surface area contributed by atoms with Gasteiger partial charge in [0.15, 0.2) is 6.61 Å². The van der Waals surface area contributed by atoms with Gasteiger partial charge in [0.1, 0.15) is 11.3 Å². The number of amides is 2. The van der Waals surface area contributed by atoms with E-state index in [1.54, 1.807) is 4.90 Å². The second-order valence-electron chi connectivity index (χ2n) is 7.34. The Balaban J connectivity index is 1.67. The summed E-state index contributed by atoms with van der Waals surface area (Å²) in [6.07, 6.45) is -3.78. The number of hydrogen-bond acceptors (Lipinski definition) is 6. The van der Waals surface area contributed by atoms with E-state index in [1.165, 1.54) is 4.90 Å². The van der Waals surface area contributed by atoms with E-state index in [1.807, 2.05) is 0 Å². The molecular weight excluding hydrogens is 423 g/mol. The molecule has 2 saturated heterocycles. The number of nitrogens with zero attached hydrogens (tertiary/aromatic N) is 3. The molecule has 2 fully saturated rings. The number of halogens is 3. The molecule has 0 aromatic heterocycles. The highest BCUT2D eigenvalue weighted by Gasteiger charge is 2.34. The minimum atomic E-state index is -4.58. The fourth-order valence-corrected chi connectivity index (χ4v) is 3.64. The summed E-state index contributed by atoms with van der Waals surface area (Å²) in [5.41, 5.74) is -0.862. The average molecular weight is 445 g/mol. The third-order valence-electron chi connectivity index (χ3n) is 5.25. The van der Waals surface area contributed by atoms with Crippen molar-refractivity contribution in [3.8, 4) is 5.75 Å². The highest BCUT2D eigenvalue weighted by molar-refractivity contribution is 5.98. The van der Waals surface area contributed by atoms with E-state index < -0.39 is 29.3 Å². The number of nitro benzene ring substituents is 1. The number of morpholine rings is 1. The van der Waals surface area contributed by atoms with Gasteiger partial charge in [-0.1, -0.05) is 0 Å². The van der Waals surface area contributed by atoms with Crippen molar-refractivity contribution in [3.05, 3.63) is 33.9 Å². The van der Waals surface area contributed by atoms with Gasteiger partial charge in [0.2, 0.25) is 5.91 Å². The van der Waals surface area contributed by atoms with Crippen molar-refractivity contribution in [2.75, 3.05) is 46.0 Å². The van der Waals surface area contributed by atoms with Crippen LogP contribution < -0.4 is 4.74 Å². The molecule has 2 aliphatic rings. The molecule has 0 aliphatic carbocycles. The van der Waals surface area contributed by atoms with Gasteiger partial charge in [-0.3, -0.25) is 19.7 Å². The molecule has 0 spiro atoms. The lowest BCUT2D eigenvalue weighted by molar-refractivity contribution is -0.385. The van der Waals surface area contributed by atoms with Crippen LogP contribution >= 0.6 is 0 Å². The number of carbonyl (C=O) groups excluding carboxylic acids is 2. The van der Waals surface area contributed by atoms with Crippen LogP contribution in [0.3, 0.4) is 0 Å². The van der Waals surface area contributed by atoms with Crippen molar-refractivity contribution in [1.82, 2.24) is 9.80 Å². The van der Waals surface area contributed by atoms with E-state index >= 15 is 0 Å². The molecule has 0 atom stereocenters. The first-order valence-corrected chi connectivity index (χ1v) is 9.79. The van der Waals surface area contributed by atoms with Crippen molar-refractivity contribution in [1.29, 1.82) is 0 Å². The zero-order valence-corrected chi connectivity index (χ0v) is 16.6. The van der Waals surface area contributed by atoms with Gasteiger partial charge < -0.3 is 19.3 Å². The molecule has 1 aromatic carbocycles. The zero-order valence-electron chi connectivity index (χ0n) is 16.6. The summed E-state index contributed by atoms with van der Waals surface area (Å²) in [5, 5.41) is 11.3. The number of nitro groups is 1. The maximum absolute atomic E-state index is 12.9. The van der Waals surface area contributed by atoms with E-state index in [2.05, 4.69) is 4.74 Å². The molecule has 1 aromatic rings. The molecule has 2 aliphatic heterocycles. The Kier molecular flexibility index (Phi) is 6.98. The topological polar surface area (TPSA) is 102 Å². The molecule has 0 saturated carbocycles.